The molecule has 15 heavy (non-hydrogen) atoms. The smallest absolute Gasteiger partial charge is 0.0890 e. The van der Waals surface area contributed by atoms with Gasteiger partial charge >= 0.3 is 0 Å². The van der Waals surface area contributed by atoms with Crippen molar-refractivity contribution in [3.05, 3.63) is 33.3 Å². The van der Waals surface area contributed by atoms with Crippen molar-refractivity contribution in [1.82, 2.24) is 0 Å². The molecular weight excluding hydrogens is 279 g/mol. The average Bonchev–Trinajstić information content (AvgIpc) is 2.65. The Balaban J connectivity index is 2.28. The molecule has 1 aromatic carbocycles. The third-order valence-electron chi connectivity index (χ3n) is 2.72. The van der Waals surface area contributed by atoms with Crippen LogP contribution in [-0.2, 0) is 4.74 Å². The Labute approximate surface area is 102 Å². The topological polar surface area (TPSA) is 29.5 Å². The molecule has 0 aliphatic carbocycles. The van der Waals surface area contributed by atoms with Crippen LogP contribution >= 0.6 is 27.5 Å². The molecule has 2 unspecified atom stereocenters. The van der Waals surface area contributed by atoms with E-state index < -0.39 is 0 Å². The van der Waals surface area contributed by atoms with Crippen molar-refractivity contribution < 1.29 is 9.84 Å². The molecule has 0 saturated carbocycles. The second-order valence-corrected chi connectivity index (χ2v) is 5.01. The maximum Gasteiger partial charge on any atom is 0.0890 e. The van der Waals surface area contributed by atoms with Gasteiger partial charge in [0, 0.05) is 28.6 Å². The first-order valence-corrected chi connectivity index (χ1v) is 6.07. The van der Waals surface area contributed by atoms with E-state index in [1.165, 1.54) is 0 Å². The van der Waals surface area contributed by atoms with Crippen molar-refractivity contribution in [2.45, 2.75) is 12.5 Å². The van der Waals surface area contributed by atoms with Crippen molar-refractivity contribution in [3.8, 4) is 0 Å². The maximum absolute atomic E-state index is 9.21. The van der Waals surface area contributed by atoms with Crippen LogP contribution in [0.4, 0.5) is 0 Å². The minimum atomic E-state index is -0.0596. The number of ether oxygens (including phenoxy) is 1. The van der Waals surface area contributed by atoms with E-state index >= 15 is 0 Å². The first-order valence-electron chi connectivity index (χ1n) is 4.90. The lowest BCUT2D eigenvalue weighted by Gasteiger charge is -2.18. The molecule has 1 heterocycles. The first kappa shape index (κ1) is 11.4. The van der Waals surface area contributed by atoms with Crippen LogP contribution < -0.4 is 0 Å². The quantitative estimate of drug-likeness (QED) is 0.907. The Hall–Kier alpha value is -0.0900. The monoisotopic (exact) mass is 290 g/mol. The predicted octanol–water partition coefficient (Wildman–Crippen LogP) is 3.17. The van der Waals surface area contributed by atoms with Gasteiger partial charge in [0.1, 0.15) is 0 Å². The van der Waals surface area contributed by atoms with Crippen molar-refractivity contribution >= 4 is 27.5 Å². The van der Waals surface area contributed by atoms with Crippen molar-refractivity contribution in [1.29, 1.82) is 0 Å². The molecule has 0 amide bonds. The zero-order valence-electron chi connectivity index (χ0n) is 8.12. The molecule has 1 N–H and O–H groups in total. The second-order valence-electron chi connectivity index (χ2n) is 3.69. The minimum Gasteiger partial charge on any atom is -0.396 e. The van der Waals surface area contributed by atoms with Gasteiger partial charge in [-0.25, -0.2) is 0 Å². The summed E-state index contributed by atoms with van der Waals surface area (Å²) in [6.45, 7) is 0.847. The minimum absolute atomic E-state index is 0.0596. The van der Waals surface area contributed by atoms with Gasteiger partial charge in [-0.05, 0) is 24.1 Å². The molecule has 2 rings (SSSR count). The lowest BCUT2D eigenvalue weighted by Crippen LogP contribution is -2.11. The van der Waals surface area contributed by atoms with Crippen LogP contribution in [0.25, 0.3) is 0 Å². The van der Waals surface area contributed by atoms with E-state index in [4.69, 9.17) is 16.3 Å². The fraction of sp³-hybridized carbons (Fsp3) is 0.455. The van der Waals surface area contributed by atoms with Gasteiger partial charge in [-0.15, -0.1) is 0 Å². The van der Waals surface area contributed by atoms with Gasteiger partial charge in [-0.2, -0.15) is 0 Å². The summed E-state index contributed by atoms with van der Waals surface area (Å²) < 4.78 is 6.56. The molecule has 2 atom stereocenters. The largest absolute Gasteiger partial charge is 0.396 e. The number of aliphatic hydroxyl groups is 1. The van der Waals surface area contributed by atoms with Gasteiger partial charge in [-0.3, -0.25) is 0 Å². The Morgan fingerprint density at radius 3 is 3.00 bits per heavy atom. The molecule has 0 spiro atoms. The zero-order chi connectivity index (χ0) is 10.8. The van der Waals surface area contributed by atoms with Gasteiger partial charge in [-0.1, -0.05) is 33.6 Å². The third kappa shape index (κ3) is 2.36. The molecule has 2 nitrogen and oxygen atoms in total. The molecule has 1 aliphatic heterocycles. The molecule has 1 saturated heterocycles. The molecule has 0 radical (unpaired) electrons. The fourth-order valence-corrected chi connectivity index (χ4v) is 2.68. The highest BCUT2D eigenvalue weighted by molar-refractivity contribution is 9.10. The van der Waals surface area contributed by atoms with E-state index in [1.807, 2.05) is 18.2 Å². The Morgan fingerprint density at radius 1 is 1.53 bits per heavy atom. The summed E-state index contributed by atoms with van der Waals surface area (Å²) in [6, 6.07) is 5.75. The molecule has 82 valence electrons. The van der Waals surface area contributed by atoms with E-state index in [1.54, 1.807) is 0 Å². The highest BCUT2D eigenvalue weighted by atomic mass is 79.9. The lowest BCUT2D eigenvalue weighted by molar-refractivity contribution is 0.0721. The van der Waals surface area contributed by atoms with E-state index in [9.17, 15) is 5.11 Å². The Kier molecular flexibility index (Phi) is 3.67. The predicted molar refractivity (Wildman–Crippen MR) is 63.0 cm³/mol. The first-order chi connectivity index (χ1) is 7.22. The zero-order valence-corrected chi connectivity index (χ0v) is 10.5. The van der Waals surface area contributed by atoms with Crippen LogP contribution in [0.1, 0.15) is 18.1 Å². The number of hydrogen-bond donors (Lipinski definition) is 1. The van der Waals surface area contributed by atoms with Crippen LogP contribution in [0.2, 0.25) is 5.02 Å². The van der Waals surface area contributed by atoms with E-state index in [0.717, 1.165) is 16.5 Å². The molecule has 1 fully saturated rings. The highest BCUT2D eigenvalue weighted by Gasteiger charge is 2.30. The van der Waals surface area contributed by atoms with Gasteiger partial charge in [0.15, 0.2) is 0 Å². The summed E-state index contributed by atoms with van der Waals surface area (Å²) in [7, 11) is 0. The van der Waals surface area contributed by atoms with E-state index in [0.29, 0.717) is 11.6 Å². The molecule has 1 aliphatic rings. The number of benzene rings is 1. The van der Waals surface area contributed by atoms with E-state index in [2.05, 4.69) is 15.9 Å². The summed E-state index contributed by atoms with van der Waals surface area (Å²) in [6.07, 6.45) is 0.837. The molecule has 0 bridgehead atoms. The van der Waals surface area contributed by atoms with Gasteiger partial charge < -0.3 is 9.84 Å². The molecule has 4 heteroatoms. The normalized spacial score (nSPS) is 25.8. The van der Waals surface area contributed by atoms with Gasteiger partial charge in [0.25, 0.3) is 0 Å². The summed E-state index contributed by atoms with van der Waals surface area (Å²) in [5.74, 6) is 0.170. The molecule has 0 aromatic heterocycles. The fourth-order valence-electron chi connectivity index (χ4n) is 1.90. The third-order valence-corrected chi connectivity index (χ3v) is 3.54. The number of aliphatic hydroxyl groups excluding tert-OH is 1. The van der Waals surface area contributed by atoms with Crippen molar-refractivity contribution in [2.24, 2.45) is 5.92 Å². The summed E-state index contributed by atoms with van der Waals surface area (Å²) in [5, 5.41) is 9.90. The van der Waals surface area contributed by atoms with Gasteiger partial charge in [0.05, 0.1) is 6.10 Å². The lowest BCUT2D eigenvalue weighted by atomic mass is 9.96. The van der Waals surface area contributed by atoms with Crippen molar-refractivity contribution in [3.63, 3.8) is 0 Å². The SMILES string of the molecule is OCC1CCOC1c1ccc(Br)cc1Cl. The van der Waals surface area contributed by atoms with Crippen LogP contribution in [0.15, 0.2) is 22.7 Å². The summed E-state index contributed by atoms with van der Waals surface area (Å²) in [4.78, 5) is 0. The standard InChI is InChI=1S/C11H12BrClO2/c12-8-1-2-9(10(13)5-8)11-7(6-14)3-4-15-11/h1-2,5,7,11,14H,3-4,6H2. The highest BCUT2D eigenvalue weighted by Crippen LogP contribution is 2.38. The van der Waals surface area contributed by atoms with E-state index in [-0.39, 0.29) is 18.6 Å². The summed E-state index contributed by atoms with van der Waals surface area (Å²) >= 11 is 9.50. The average molecular weight is 292 g/mol. The number of rotatable bonds is 2. The van der Waals surface area contributed by atoms with Crippen LogP contribution in [0, 0.1) is 5.92 Å². The molecule has 1 aromatic rings. The van der Waals surface area contributed by atoms with Gasteiger partial charge in [0.2, 0.25) is 0 Å². The van der Waals surface area contributed by atoms with Crippen molar-refractivity contribution in [2.75, 3.05) is 13.2 Å². The van der Waals surface area contributed by atoms with Crippen LogP contribution in [0.5, 0.6) is 0 Å². The van der Waals surface area contributed by atoms with Crippen LogP contribution in [-0.4, -0.2) is 18.3 Å². The van der Waals surface area contributed by atoms with Crippen LogP contribution in [0.3, 0.4) is 0 Å². The number of halogens is 2. The Morgan fingerprint density at radius 2 is 2.33 bits per heavy atom. The maximum atomic E-state index is 9.21. The summed E-state index contributed by atoms with van der Waals surface area (Å²) in [5.41, 5.74) is 0.969. The molecular formula is C11H12BrClO2. The number of hydrogen-bond acceptors (Lipinski definition) is 2. The second kappa shape index (κ2) is 4.83. The Bertz CT molecular complexity index is 356.